The summed E-state index contributed by atoms with van der Waals surface area (Å²) >= 11 is 0. The highest BCUT2D eigenvalue weighted by Crippen LogP contribution is 2.30. The van der Waals surface area contributed by atoms with Crippen LogP contribution in [0.4, 0.5) is 14.5 Å². The maximum Gasteiger partial charge on any atom is 0.387 e. The Bertz CT molecular complexity index is 885. The van der Waals surface area contributed by atoms with Crippen molar-refractivity contribution < 1.29 is 27.8 Å². The molecule has 0 heterocycles. The Balaban J connectivity index is 1.98. The lowest BCUT2D eigenvalue weighted by atomic mass is 10.1. The molecule has 2 rings (SSSR count). The van der Waals surface area contributed by atoms with E-state index in [2.05, 4.69) is 15.4 Å². The molecular formula is C21H22F2N2O4. The molecule has 0 bridgehead atoms. The topological polar surface area (TPSA) is 76.7 Å². The van der Waals surface area contributed by atoms with E-state index in [-0.39, 0.29) is 36.5 Å². The van der Waals surface area contributed by atoms with Gasteiger partial charge in [-0.25, -0.2) is 0 Å². The first kappa shape index (κ1) is 21.9. The van der Waals surface area contributed by atoms with Gasteiger partial charge in [-0.3, -0.25) is 9.59 Å². The molecule has 0 spiro atoms. The minimum absolute atomic E-state index is 0.0671. The molecule has 0 unspecified atom stereocenters. The number of carbonyl (C=O) groups excluding carboxylic acids is 2. The number of amides is 2. The second kappa shape index (κ2) is 10.8. The molecule has 0 radical (unpaired) electrons. The number of anilines is 1. The second-order valence-corrected chi connectivity index (χ2v) is 5.95. The monoisotopic (exact) mass is 404 g/mol. The van der Waals surface area contributed by atoms with Gasteiger partial charge in [0, 0.05) is 25.2 Å². The van der Waals surface area contributed by atoms with Gasteiger partial charge in [0.15, 0.2) is 11.5 Å². The van der Waals surface area contributed by atoms with Gasteiger partial charge in [0.05, 0.1) is 6.61 Å². The van der Waals surface area contributed by atoms with E-state index in [4.69, 9.17) is 4.74 Å². The number of nitrogens with one attached hydrogen (secondary N) is 2. The molecular weight excluding hydrogens is 382 g/mol. The first-order chi connectivity index (χ1) is 13.9. The van der Waals surface area contributed by atoms with Crippen LogP contribution < -0.4 is 20.1 Å². The van der Waals surface area contributed by atoms with Crippen molar-refractivity contribution >= 4 is 23.6 Å². The highest BCUT2D eigenvalue weighted by Gasteiger charge is 2.11. The molecule has 6 nitrogen and oxygen atoms in total. The van der Waals surface area contributed by atoms with E-state index in [1.807, 2.05) is 6.07 Å². The number of hydrogen-bond acceptors (Lipinski definition) is 4. The van der Waals surface area contributed by atoms with E-state index in [0.717, 1.165) is 5.56 Å². The van der Waals surface area contributed by atoms with Crippen LogP contribution in [0.3, 0.4) is 0 Å². The zero-order valence-electron chi connectivity index (χ0n) is 16.1. The van der Waals surface area contributed by atoms with Crippen LogP contribution in [0.2, 0.25) is 0 Å². The summed E-state index contributed by atoms with van der Waals surface area (Å²) in [5.74, 6) is -0.404. The summed E-state index contributed by atoms with van der Waals surface area (Å²) in [5, 5.41) is 5.41. The predicted molar refractivity (Wildman–Crippen MR) is 106 cm³/mol. The van der Waals surface area contributed by atoms with Gasteiger partial charge in [-0.15, -0.1) is 0 Å². The molecule has 0 aliphatic heterocycles. The van der Waals surface area contributed by atoms with Gasteiger partial charge in [0.25, 0.3) is 0 Å². The van der Waals surface area contributed by atoms with Gasteiger partial charge in [0.1, 0.15) is 0 Å². The molecule has 2 aromatic rings. The third-order valence-electron chi connectivity index (χ3n) is 3.62. The molecule has 0 atom stereocenters. The lowest BCUT2D eigenvalue weighted by Crippen LogP contribution is -2.20. The molecule has 0 fully saturated rings. The Morgan fingerprint density at radius 3 is 2.62 bits per heavy atom. The number of rotatable bonds is 9. The number of carbonyl (C=O) groups is 2. The fourth-order valence-electron chi connectivity index (χ4n) is 2.47. The maximum atomic E-state index is 12.4. The van der Waals surface area contributed by atoms with Crippen LogP contribution in [0.5, 0.6) is 11.5 Å². The molecule has 2 N–H and O–H groups in total. The van der Waals surface area contributed by atoms with Crippen LogP contribution in [0.25, 0.3) is 6.08 Å². The van der Waals surface area contributed by atoms with E-state index >= 15 is 0 Å². The average Bonchev–Trinajstić information content (AvgIpc) is 2.66. The van der Waals surface area contributed by atoms with Crippen LogP contribution in [-0.4, -0.2) is 25.0 Å². The van der Waals surface area contributed by atoms with Crippen LogP contribution in [0, 0.1) is 0 Å². The molecule has 29 heavy (non-hydrogen) atoms. The van der Waals surface area contributed by atoms with Gasteiger partial charge in [-0.05, 0) is 48.4 Å². The van der Waals surface area contributed by atoms with Crippen molar-refractivity contribution in [2.75, 3.05) is 11.9 Å². The zero-order valence-corrected chi connectivity index (χ0v) is 16.1. The molecule has 0 aliphatic carbocycles. The first-order valence-corrected chi connectivity index (χ1v) is 8.91. The quantitative estimate of drug-likeness (QED) is 0.620. The van der Waals surface area contributed by atoms with Crippen LogP contribution >= 0.6 is 0 Å². The largest absolute Gasteiger partial charge is 0.490 e. The number of benzene rings is 2. The Morgan fingerprint density at radius 1 is 1.14 bits per heavy atom. The minimum atomic E-state index is -2.95. The van der Waals surface area contributed by atoms with Crippen molar-refractivity contribution in [2.24, 2.45) is 0 Å². The third-order valence-corrected chi connectivity index (χ3v) is 3.62. The van der Waals surface area contributed by atoms with Crippen molar-refractivity contribution in [1.82, 2.24) is 5.32 Å². The summed E-state index contributed by atoms with van der Waals surface area (Å²) in [5.41, 5.74) is 2.07. The van der Waals surface area contributed by atoms with E-state index in [9.17, 15) is 18.4 Å². The fraction of sp³-hybridized carbons (Fsp3) is 0.238. The lowest BCUT2D eigenvalue weighted by molar-refractivity contribution is -0.116. The van der Waals surface area contributed by atoms with Gasteiger partial charge < -0.3 is 20.1 Å². The summed E-state index contributed by atoms with van der Waals surface area (Å²) in [4.78, 5) is 23.2. The first-order valence-electron chi connectivity index (χ1n) is 8.91. The molecule has 2 aromatic carbocycles. The Labute approximate surface area is 167 Å². The number of hydrogen-bond donors (Lipinski definition) is 2. The summed E-state index contributed by atoms with van der Waals surface area (Å²) < 4.78 is 34.6. The molecule has 154 valence electrons. The van der Waals surface area contributed by atoms with E-state index in [1.165, 1.54) is 31.2 Å². The van der Waals surface area contributed by atoms with Gasteiger partial charge in [0.2, 0.25) is 11.8 Å². The van der Waals surface area contributed by atoms with Crippen LogP contribution in [0.15, 0.2) is 48.5 Å². The normalized spacial score (nSPS) is 10.8. The summed E-state index contributed by atoms with van der Waals surface area (Å²) in [6.07, 6.45) is 2.87. The van der Waals surface area contributed by atoms with Crippen molar-refractivity contribution in [3.8, 4) is 11.5 Å². The predicted octanol–water partition coefficient (Wildman–Crippen LogP) is 3.97. The summed E-state index contributed by atoms with van der Waals surface area (Å²) in [6, 6.07) is 11.5. The highest BCUT2D eigenvalue weighted by molar-refractivity contribution is 5.92. The second-order valence-electron chi connectivity index (χ2n) is 5.95. The molecule has 0 aliphatic rings. The molecule has 0 saturated carbocycles. The van der Waals surface area contributed by atoms with Crippen molar-refractivity contribution in [3.05, 3.63) is 59.7 Å². The molecule has 8 heteroatoms. The maximum absolute atomic E-state index is 12.4. The molecule has 2 amide bonds. The van der Waals surface area contributed by atoms with Crippen molar-refractivity contribution in [2.45, 2.75) is 27.0 Å². The summed E-state index contributed by atoms with van der Waals surface area (Å²) in [6.45, 7) is 0.753. The van der Waals surface area contributed by atoms with E-state index < -0.39 is 6.61 Å². The van der Waals surface area contributed by atoms with Gasteiger partial charge in [-0.2, -0.15) is 8.78 Å². The van der Waals surface area contributed by atoms with Gasteiger partial charge in [-0.1, -0.05) is 18.2 Å². The molecule has 0 aromatic heterocycles. The van der Waals surface area contributed by atoms with Crippen LogP contribution in [0.1, 0.15) is 25.0 Å². The smallest absolute Gasteiger partial charge is 0.387 e. The number of halogens is 2. The zero-order chi connectivity index (χ0) is 21.2. The number of alkyl halides is 2. The number of ether oxygens (including phenoxy) is 2. The fourth-order valence-corrected chi connectivity index (χ4v) is 2.47. The van der Waals surface area contributed by atoms with Crippen LogP contribution in [-0.2, 0) is 16.1 Å². The standard InChI is InChI=1S/C21H22F2N2O4/c1-3-28-19-12-15(7-9-18(19)29-21(22)23)8-10-20(27)24-13-16-5-4-6-17(11-16)25-14(2)26/h4-12,21H,3,13H2,1-2H3,(H,24,27)(H,25,26)/b10-8+. The SMILES string of the molecule is CCOc1cc(/C=C/C(=O)NCc2cccc(NC(C)=O)c2)ccc1OC(F)F. The highest BCUT2D eigenvalue weighted by atomic mass is 19.3. The van der Waals surface area contributed by atoms with Crippen molar-refractivity contribution in [1.29, 1.82) is 0 Å². The lowest BCUT2D eigenvalue weighted by Gasteiger charge is -2.11. The van der Waals surface area contributed by atoms with E-state index in [0.29, 0.717) is 11.3 Å². The average molecular weight is 404 g/mol. The Morgan fingerprint density at radius 2 is 1.93 bits per heavy atom. The van der Waals surface area contributed by atoms with E-state index in [1.54, 1.807) is 31.2 Å². The summed E-state index contributed by atoms with van der Waals surface area (Å²) in [7, 11) is 0. The Kier molecular flexibility index (Phi) is 8.14. The molecule has 0 saturated heterocycles. The Hall–Kier alpha value is -3.42. The minimum Gasteiger partial charge on any atom is -0.490 e. The van der Waals surface area contributed by atoms with Gasteiger partial charge >= 0.3 is 6.61 Å². The third kappa shape index (κ3) is 7.61. The van der Waals surface area contributed by atoms with Crippen molar-refractivity contribution in [3.63, 3.8) is 0 Å².